The van der Waals surface area contributed by atoms with E-state index in [1.807, 2.05) is 18.2 Å². The van der Waals surface area contributed by atoms with Gasteiger partial charge < -0.3 is 5.32 Å². The van der Waals surface area contributed by atoms with E-state index >= 15 is 0 Å². The second-order valence-electron chi connectivity index (χ2n) is 12.2. The molecule has 3 aliphatic heterocycles. The Labute approximate surface area is 283 Å². The van der Waals surface area contributed by atoms with Crippen LogP contribution in [0.3, 0.4) is 0 Å². The molecule has 2 fully saturated rings. The summed E-state index contributed by atoms with van der Waals surface area (Å²) >= 11 is 6.83. The standard InChI is InChI=1S/C35H38N4O6S2/c1-21(2)23-11-9-22(10-12-23)19-28-34(45)38(35(46)47-28)18-8-6-4-3-5-7-17-36-30(41)24-13-14-25-26(20-24)33(44)39(32(25)43)27-15-16-29(40)37-31(27)42/h9-14,19-21,27H,3-8,15-18H2,1-2H3,(H,36,41)(H,37,40,42)/b28-19-. The summed E-state index contributed by atoms with van der Waals surface area (Å²) in [6.07, 6.45) is 7.56. The number of piperidine rings is 1. The van der Waals surface area contributed by atoms with Gasteiger partial charge in [-0.1, -0.05) is 87.8 Å². The predicted octanol–water partition coefficient (Wildman–Crippen LogP) is 5.18. The molecule has 2 aromatic rings. The van der Waals surface area contributed by atoms with Gasteiger partial charge in [-0.2, -0.15) is 0 Å². The largest absolute Gasteiger partial charge is 0.352 e. The smallest absolute Gasteiger partial charge is 0.266 e. The zero-order chi connectivity index (χ0) is 33.7. The van der Waals surface area contributed by atoms with E-state index in [0.29, 0.717) is 28.2 Å². The third-order valence-corrected chi connectivity index (χ3v) is 9.95. The molecule has 0 spiro atoms. The van der Waals surface area contributed by atoms with Gasteiger partial charge >= 0.3 is 0 Å². The summed E-state index contributed by atoms with van der Waals surface area (Å²) in [4.78, 5) is 78.5. The number of rotatable bonds is 13. The Hall–Kier alpha value is -4.16. The van der Waals surface area contributed by atoms with Gasteiger partial charge in [-0.15, -0.1) is 0 Å². The molecule has 0 radical (unpaired) electrons. The van der Waals surface area contributed by atoms with Gasteiger partial charge in [-0.05, 0) is 60.6 Å². The number of amides is 6. The van der Waals surface area contributed by atoms with Crippen molar-refractivity contribution in [2.45, 2.75) is 77.2 Å². The molecule has 6 amide bonds. The van der Waals surface area contributed by atoms with Crippen molar-refractivity contribution in [3.63, 3.8) is 0 Å². The normalized spacial score (nSPS) is 18.9. The summed E-state index contributed by atoms with van der Waals surface area (Å²) in [5.74, 6) is -2.29. The predicted molar refractivity (Wildman–Crippen MR) is 184 cm³/mol. The van der Waals surface area contributed by atoms with Gasteiger partial charge in [0.1, 0.15) is 10.4 Å². The molecule has 3 heterocycles. The Morgan fingerprint density at radius 1 is 0.936 bits per heavy atom. The van der Waals surface area contributed by atoms with Crippen LogP contribution in [0.4, 0.5) is 0 Å². The third-order valence-electron chi connectivity index (χ3n) is 8.57. The molecule has 12 heteroatoms. The number of hydrogen-bond acceptors (Lipinski definition) is 8. The third kappa shape index (κ3) is 7.87. The van der Waals surface area contributed by atoms with Crippen LogP contribution in [0.15, 0.2) is 47.4 Å². The highest BCUT2D eigenvalue weighted by atomic mass is 32.2. The lowest BCUT2D eigenvalue weighted by Crippen LogP contribution is -2.54. The van der Waals surface area contributed by atoms with E-state index in [9.17, 15) is 28.8 Å². The molecule has 246 valence electrons. The summed E-state index contributed by atoms with van der Waals surface area (Å²) in [5, 5.41) is 5.03. The Morgan fingerprint density at radius 2 is 1.62 bits per heavy atom. The van der Waals surface area contributed by atoms with Crippen LogP contribution >= 0.6 is 24.0 Å². The number of thiocarbonyl (C=S) groups is 1. The second kappa shape index (κ2) is 15.2. The Bertz CT molecular complexity index is 1650. The number of hydrogen-bond donors (Lipinski definition) is 2. The summed E-state index contributed by atoms with van der Waals surface area (Å²) in [6, 6.07) is 11.5. The molecular weight excluding hydrogens is 637 g/mol. The minimum absolute atomic E-state index is 0.0327. The van der Waals surface area contributed by atoms with E-state index < -0.39 is 29.7 Å². The van der Waals surface area contributed by atoms with Crippen LogP contribution < -0.4 is 10.6 Å². The number of benzene rings is 2. The molecule has 2 N–H and O–H groups in total. The number of imide groups is 2. The SMILES string of the molecule is CC(C)c1ccc(/C=C2\SC(=S)N(CCCCCCCCNC(=O)c3ccc4c(c3)C(=O)N(C3CCC(=O)NC3=O)C4=O)C2=O)cc1. The van der Waals surface area contributed by atoms with Gasteiger partial charge in [-0.3, -0.25) is 43.9 Å². The highest BCUT2D eigenvalue weighted by Crippen LogP contribution is 2.33. The average molecular weight is 675 g/mol. The monoisotopic (exact) mass is 674 g/mol. The summed E-state index contributed by atoms with van der Waals surface area (Å²) in [7, 11) is 0. The molecule has 1 atom stereocenters. The fourth-order valence-electron chi connectivity index (χ4n) is 5.84. The molecule has 10 nitrogen and oxygen atoms in total. The molecule has 0 aliphatic carbocycles. The van der Waals surface area contributed by atoms with Gasteiger partial charge in [0.2, 0.25) is 11.8 Å². The molecule has 3 aliphatic rings. The molecule has 47 heavy (non-hydrogen) atoms. The van der Waals surface area contributed by atoms with Crippen LogP contribution in [0.5, 0.6) is 0 Å². The van der Waals surface area contributed by atoms with Gasteiger partial charge in [-0.25, -0.2) is 0 Å². The summed E-state index contributed by atoms with van der Waals surface area (Å²) in [5.41, 5.74) is 2.71. The number of carbonyl (C=O) groups is 6. The number of fused-ring (bicyclic) bond motifs is 1. The number of nitrogens with zero attached hydrogens (tertiary/aromatic N) is 2. The number of unbranched alkanes of at least 4 members (excludes halogenated alkanes) is 5. The molecule has 0 aromatic heterocycles. The van der Waals surface area contributed by atoms with Gasteiger partial charge in [0.05, 0.1) is 16.0 Å². The maximum Gasteiger partial charge on any atom is 0.266 e. The van der Waals surface area contributed by atoms with Crippen molar-refractivity contribution in [3.05, 3.63) is 75.2 Å². The van der Waals surface area contributed by atoms with E-state index in [0.717, 1.165) is 49.0 Å². The van der Waals surface area contributed by atoms with Crippen LogP contribution in [-0.2, 0) is 14.4 Å². The van der Waals surface area contributed by atoms with Crippen molar-refractivity contribution >= 4 is 69.8 Å². The highest BCUT2D eigenvalue weighted by molar-refractivity contribution is 8.26. The second-order valence-corrected chi connectivity index (χ2v) is 13.9. The maximum absolute atomic E-state index is 13.0. The van der Waals surface area contributed by atoms with Crippen molar-refractivity contribution in [1.29, 1.82) is 0 Å². The molecule has 0 bridgehead atoms. The first-order valence-electron chi connectivity index (χ1n) is 16.0. The Morgan fingerprint density at radius 3 is 2.32 bits per heavy atom. The first-order chi connectivity index (χ1) is 22.5. The molecule has 5 rings (SSSR count). The lowest BCUT2D eigenvalue weighted by atomic mass is 10.0. The quantitative estimate of drug-likeness (QED) is 0.129. The van der Waals surface area contributed by atoms with Crippen molar-refractivity contribution in [2.24, 2.45) is 0 Å². The first kappa shape index (κ1) is 34.2. The zero-order valence-electron chi connectivity index (χ0n) is 26.5. The van der Waals surface area contributed by atoms with Gasteiger partial charge in [0.15, 0.2) is 0 Å². The van der Waals surface area contributed by atoms with Crippen molar-refractivity contribution in [1.82, 2.24) is 20.4 Å². The molecular formula is C35H38N4O6S2. The minimum atomic E-state index is -1.05. The summed E-state index contributed by atoms with van der Waals surface area (Å²) in [6.45, 7) is 5.37. The van der Waals surface area contributed by atoms with Gasteiger partial charge in [0, 0.05) is 25.1 Å². The zero-order valence-corrected chi connectivity index (χ0v) is 28.1. The molecule has 1 unspecified atom stereocenters. The minimum Gasteiger partial charge on any atom is -0.352 e. The van der Waals surface area contributed by atoms with Crippen LogP contribution in [0.25, 0.3) is 6.08 Å². The number of thioether (sulfide) groups is 1. The fourth-order valence-corrected chi connectivity index (χ4v) is 7.15. The average Bonchev–Trinajstić information content (AvgIpc) is 3.45. The van der Waals surface area contributed by atoms with Crippen LogP contribution in [0.1, 0.15) is 113 Å². The fraction of sp³-hybridized carbons (Fsp3) is 0.400. The highest BCUT2D eigenvalue weighted by Gasteiger charge is 2.44. The molecule has 0 saturated carbocycles. The lowest BCUT2D eigenvalue weighted by Gasteiger charge is -2.27. The lowest BCUT2D eigenvalue weighted by molar-refractivity contribution is -0.136. The van der Waals surface area contributed by atoms with E-state index in [1.165, 1.54) is 35.5 Å². The van der Waals surface area contributed by atoms with E-state index in [4.69, 9.17) is 12.2 Å². The first-order valence-corrected chi connectivity index (χ1v) is 17.3. The van der Waals surface area contributed by atoms with E-state index in [-0.39, 0.29) is 41.3 Å². The van der Waals surface area contributed by atoms with Crippen LogP contribution in [-0.4, -0.2) is 68.7 Å². The molecule has 2 aromatic carbocycles. The molecule has 2 saturated heterocycles. The maximum atomic E-state index is 13.0. The topological polar surface area (TPSA) is 133 Å². The Kier molecular flexibility index (Phi) is 11.0. The van der Waals surface area contributed by atoms with Crippen molar-refractivity contribution in [3.8, 4) is 0 Å². The Balaban J connectivity index is 0.986. The number of carbonyl (C=O) groups excluding carboxylic acids is 6. The van der Waals surface area contributed by atoms with Crippen molar-refractivity contribution in [2.75, 3.05) is 13.1 Å². The summed E-state index contributed by atoms with van der Waals surface area (Å²) < 4.78 is 0.599. The van der Waals surface area contributed by atoms with E-state index in [2.05, 4.69) is 36.6 Å². The van der Waals surface area contributed by atoms with Crippen LogP contribution in [0, 0.1) is 0 Å². The van der Waals surface area contributed by atoms with E-state index in [1.54, 1.807) is 4.90 Å². The number of nitrogens with one attached hydrogen (secondary N) is 2. The van der Waals surface area contributed by atoms with Crippen molar-refractivity contribution < 1.29 is 28.8 Å². The van der Waals surface area contributed by atoms with Gasteiger partial charge in [0.25, 0.3) is 23.6 Å². The van der Waals surface area contributed by atoms with Crippen LogP contribution in [0.2, 0.25) is 0 Å².